The van der Waals surface area contributed by atoms with Crippen LogP contribution in [-0.2, 0) is 0 Å². The van der Waals surface area contributed by atoms with Crippen molar-refractivity contribution in [2.45, 2.75) is 44.2 Å². The Labute approximate surface area is 80.7 Å². The number of fused-ring (bicyclic) bond motifs is 1. The van der Waals surface area contributed by atoms with E-state index in [2.05, 4.69) is 10.2 Å². The minimum atomic E-state index is 0.947. The Kier molecular flexibility index (Phi) is 2.06. The van der Waals surface area contributed by atoms with Gasteiger partial charge in [-0.2, -0.15) is 0 Å². The minimum Gasteiger partial charge on any atom is -0.316 e. The molecule has 0 radical (unpaired) electrons. The molecule has 2 unspecified atom stereocenters. The van der Waals surface area contributed by atoms with E-state index in [4.69, 9.17) is 0 Å². The number of hydrogen-bond donors (Lipinski definition) is 1. The molecule has 2 aliphatic heterocycles. The number of nitrogens with zero attached hydrogens (tertiary/aromatic N) is 1. The van der Waals surface area contributed by atoms with Crippen LogP contribution in [0.2, 0.25) is 0 Å². The zero-order valence-corrected chi connectivity index (χ0v) is 8.34. The molecule has 3 rings (SSSR count). The number of likely N-dealkylation sites (tertiary alicyclic amines) is 1. The second-order valence-corrected chi connectivity index (χ2v) is 4.93. The second kappa shape index (κ2) is 3.25. The first-order valence-electron chi connectivity index (χ1n) is 5.91. The second-order valence-electron chi connectivity index (χ2n) is 4.93. The maximum Gasteiger partial charge on any atom is 0.0151 e. The highest BCUT2D eigenvalue weighted by molar-refractivity contribution is 4.96. The lowest BCUT2D eigenvalue weighted by Gasteiger charge is -2.44. The first kappa shape index (κ1) is 8.25. The third kappa shape index (κ3) is 1.50. The summed E-state index contributed by atoms with van der Waals surface area (Å²) < 4.78 is 0. The highest BCUT2D eigenvalue weighted by Gasteiger charge is 2.40. The van der Waals surface area contributed by atoms with Gasteiger partial charge in [0, 0.05) is 12.1 Å². The van der Waals surface area contributed by atoms with E-state index in [-0.39, 0.29) is 0 Å². The van der Waals surface area contributed by atoms with Gasteiger partial charge in [0.05, 0.1) is 0 Å². The third-order valence-corrected chi connectivity index (χ3v) is 4.00. The van der Waals surface area contributed by atoms with Crippen LogP contribution in [0.25, 0.3) is 0 Å². The molecule has 74 valence electrons. The number of rotatable bonds is 1. The van der Waals surface area contributed by atoms with Crippen LogP contribution in [0.4, 0.5) is 0 Å². The highest BCUT2D eigenvalue weighted by atomic mass is 15.2. The molecule has 0 aromatic carbocycles. The molecule has 0 aromatic rings. The van der Waals surface area contributed by atoms with Crippen LogP contribution in [0.3, 0.4) is 0 Å². The van der Waals surface area contributed by atoms with E-state index in [1.165, 1.54) is 51.7 Å². The molecule has 1 N–H and O–H groups in total. The lowest BCUT2D eigenvalue weighted by molar-refractivity contribution is 0.0623. The van der Waals surface area contributed by atoms with Gasteiger partial charge in [-0.25, -0.2) is 0 Å². The van der Waals surface area contributed by atoms with Gasteiger partial charge < -0.3 is 5.32 Å². The predicted octanol–water partition coefficient (Wildman–Crippen LogP) is 1.22. The zero-order chi connectivity index (χ0) is 8.67. The molecule has 2 heteroatoms. The van der Waals surface area contributed by atoms with Gasteiger partial charge in [-0.15, -0.1) is 0 Å². The molecule has 2 saturated heterocycles. The Balaban J connectivity index is 1.71. The van der Waals surface area contributed by atoms with E-state index in [1.54, 1.807) is 0 Å². The van der Waals surface area contributed by atoms with Crippen molar-refractivity contribution in [2.24, 2.45) is 5.92 Å². The molecule has 0 spiro atoms. The lowest BCUT2D eigenvalue weighted by atomic mass is 9.84. The van der Waals surface area contributed by atoms with E-state index in [9.17, 15) is 0 Å². The van der Waals surface area contributed by atoms with Gasteiger partial charge in [0.2, 0.25) is 0 Å². The molecule has 3 aliphatic rings. The molecule has 0 bridgehead atoms. The standard InChI is InChI=1S/C11H20N2/c1-2-9-8-12-6-5-11(9)13(7-1)10-3-4-10/h9-12H,1-8H2. The van der Waals surface area contributed by atoms with Crippen LogP contribution in [0.15, 0.2) is 0 Å². The van der Waals surface area contributed by atoms with Gasteiger partial charge in [0.15, 0.2) is 0 Å². The van der Waals surface area contributed by atoms with Crippen molar-refractivity contribution >= 4 is 0 Å². The fourth-order valence-electron chi connectivity index (χ4n) is 3.20. The largest absolute Gasteiger partial charge is 0.316 e. The normalized spacial score (nSPS) is 41.5. The Morgan fingerprint density at radius 3 is 2.85 bits per heavy atom. The maximum absolute atomic E-state index is 3.54. The maximum atomic E-state index is 3.54. The van der Waals surface area contributed by atoms with Crippen molar-refractivity contribution < 1.29 is 0 Å². The molecule has 1 aliphatic carbocycles. The monoisotopic (exact) mass is 180 g/mol. The summed E-state index contributed by atoms with van der Waals surface area (Å²) in [4.78, 5) is 2.83. The summed E-state index contributed by atoms with van der Waals surface area (Å²) in [6.45, 7) is 3.93. The molecular weight excluding hydrogens is 160 g/mol. The lowest BCUT2D eigenvalue weighted by Crippen LogP contribution is -2.53. The molecular formula is C11H20N2. The van der Waals surface area contributed by atoms with Crippen LogP contribution in [0.5, 0.6) is 0 Å². The van der Waals surface area contributed by atoms with Crippen LogP contribution in [-0.4, -0.2) is 36.6 Å². The first-order chi connectivity index (χ1) is 6.45. The van der Waals surface area contributed by atoms with Crippen LogP contribution >= 0.6 is 0 Å². The molecule has 2 nitrogen and oxygen atoms in total. The fourth-order valence-corrected chi connectivity index (χ4v) is 3.20. The molecule has 1 saturated carbocycles. The molecule has 0 aromatic heterocycles. The van der Waals surface area contributed by atoms with E-state index < -0.39 is 0 Å². The minimum absolute atomic E-state index is 0.947. The quantitative estimate of drug-likeness (QED) is 0.653. The van der Waals surface area contributed by atoms with Crippen LogP contribution in [0, 0.1) is 5.92 Å². The Morgan fingerprint density at radius 2 is 2.00 bits per heavy atom. The highest BCUT2D eigenvalue weighted by Crippen LogP contribution is 2.36. The van der Waals surface area contributed by atoms with Crippen molar-refractivity contribution in [3.05, 3.63) is 0 Å². The summed E-state index contributed by atoms with van der Waals surface area (Å²) in [5.74, 6) is 0.975. The van der Waals surface area contributed by atoms with Crippen molar-refractivity contribution in [1.82, 2.24) is 10.2 Å². The van der Waals surface area contributed by atoms with Gasteiger partial charge in [-0.3, -0.25) is 4.90 Å². The fraction of sp³-hybridized carbons (Fsp3) is 1.00. The summed E-state index contributed by atoms with van der Waals surface area (Å²) >= 11 is 0. The third-order valence-electron chi connectivity index (χ3n) is 4.00. The van der Waals surface area contributed by atoms with Gasteiger partial charge >= 0.3 is 0 Å². The summed E-state index contributed by atoms with van der Waals surface area (Å²) in [7, 11) is 0. The van der Waals surface area contributed by atoms with Gasteiger partial charge in [0.25, 0.3) is 0 Å². The summed E-state index contributed by atoms with van der Waals surface area (Å²) in [6.07, 6.45) is 7.29. The number of hydrogen-bond acceptors (Lipinski definition) is 2. The van der Waals surface area contributed by atoms with Crippen molar-refractivity contribution in [2.75, 3.05) is 19.6 Å². The van der Waals surface area contributed by atoms with Crippen molar-refractivity contribution in [1.29, 1.82) is 0 Å². The number of piperidine rings is 2. The zero-order valence-electron chi connectivity index (χ0n) is 8.34. The molecule has 2 heterocycles. The van der Waals surface area contributed by atoms with E-state index in [1.807, 2.05) is 0 Å². The van der Waals surface area contributed by atoms with Crippen LogP contribution < -0.4 is 5.32 Å². The average Bonchev–Trinajstić information content (AvgIpc) is 3.00. The average molecular weight is 180 g/mol. The molecule has 0 amide bonds. The summed E-state index contributed by atoms with van der Waals surface area (Å²) in [5, 5.41) is 3.54. The van der Waals surface area contributed by atoms with E-state index in [0.29, 0.717) is 0 Å². The molecule has 3 fully saturated rings. The molecule has 13 heavy (non-hydrogen) atoms. The first-order valence-corrected chi connectivity index (χ1v) is 5.91. The summed E-state index contributed by atoms with van der Waals surface area (Å²) in [6, 6.07) is 1.94. The number of nitrogens with one attached hydrogen (secondary N) is 1. The predicted molar refractivity (Wildman–Crippen MR) is 53.7 cm³/mol. The topological polar surface area (TPSA) is 15.3 Å². The van der Waals surface area contributed by atoms with E-state index >= 15 is 0 Å². The van der Waals surface area contributed by atoms with Crippen LogP contribution in [0.1, 0.15) is 32.1 Å². The summed E-state index contributed by atoms with van der Waals surface area (Å²) in [5.41, 5.74) is 0. The SMILES string of the molecule is C1CC2CNCCC2N(C2CC2)C1. The van der Waals surface area contributed by atoms with E-state index in [0.717, 1.165) is 18.0 Å². The van der Waals surface area contributed by atoms with Gasteiger partial charge in [-0.05, 0) is 57.7 Å². The Morgan fingerprint density at radius 1 is 1.08 bits per heavy atom. The Bertz CT molecular complexity index is 187. The van der Waals surface area contributed by atoms with Crippen molar-refractivity contribution in [3.8, 4) is 0 Å². The van der Waals surface area contributed by atoms with Gasteiger partial charge in [-0.1, -0.05) is 0 Å². The van der Waals surface area contributed by atoms with Gasteiger partial charge in [0.1, 0.15) is 0 Å². The molecule has 2 atom stereocenters. The smallest absolute Gasteiger partial charge is 0.0151 e. The van der Waals surface area contributed by atoms with Crippen molar-refractivity contribution in [3.63, 3.8) is 0 Å². The Hall–Kier alpha value is -0.0800.